The Morgan fingerprint density at radius 3 is 1.71 bits per heavy atom. The van der Waals surface area contributed by atoms with Gasteiger partial charge in [0.2, 0.25) is 0 Å². The fourth-order valence-corrected chi connectivity index (χ4v) is 3.99. The van der Waals surface area contributed by atoms with Crippen molar-refractivity contribution in [1.29, 1.82) is 21.0 Å². The smallest absolute Gasteiger partial charge is 0.339 e. The van der Waals surface area contributed by atoms with Crippen molar-refractivity contribution < 1.29 is 18.8 Å². The fourth-order valence-electron chi connectivity index (χ4n) is 3.99. The van der Waals surface area contributed by atoms with Crippen LogP contribution in [0.5, 0.6) is 0 Å². The summed E-state index contributed by atoms with van der Waals surface area (Å²) in [5, 5.41) is 35.7. The Morgan fingerprint density at radius 2 is 1.29 bits per heavy atom. The van der Waals surface area contributed by atoms with Crippen LogP contribution in [-0.4, -0.2) is 55.7 Å². The van der Waals surface area contributed by atoms with Gasteiger partial charge in [0.1, 0.15) is 35.4 Å². The Labute approximate surface area is 242 Å². The SMILES string of the molecule is CC1=C(C#N)C(=C(C#N)C#N)N(C)C1=O.CC1=C(C#N)C(=O)N(C)C1=O.Cc1c(C)c2ccc(N(C)C)cc2oc1=O. The summed E-state index contributed by atoms with van der Waals surface area (Å²) in [6.07, 6.45) is 0. The molecule has 0 bridgehead atoms. The van der Waals surface area contributed by atoms with Crippen LogP contribution in [0, 0.1) is 59.2 Å². The van der Waals surface area contributed by atoms with Crippen molar-refractivity contribution in [3.63, 3.8) is 0 Å². The molecule has 0 aliphatic carbocycles. The van der Waals surface area contributed by atoms with Crippen molar-refractivity contribution in [2.24, 2.45) is 0 Å². The minimum Gasteiger partial charge on any atom is -0.422 e. The molecule has 4 rings (SSSR count). The number of benzene rings is 1. The maximum atomic E-state index is 11.6. The van der Waals surface area contributed by atoms with Gasteiger partial charge in [-0.05, 0) is 45.4 Å². The summed E-state index contributed by atoms with van der Waals surface area (Å²) in [4.78, 5) is 49.1. The van der Waals surface area contributed by atoms with Crippen molar-refractivity contribution >= 4 is 34.4 Å². The summed E-state index contributed by atoms with van der Waals surface area (Å²) in [6.45, 7) is 6.71. The molecule has 0 spiro atoms. The highest BCUT2D eigenvalue weighted by atomic mass is 16.4. The number of rotatable bonds is 1. The fraction of sp³-hybridized carbons (Fsp3) is 0.267. The third kappa shape index (κ3) is 5.94. The average Bonchev–Trinajstić information content (AvgIpc) is 3.30. The van der Waals surface area contributed by atoms with Gasteiger partial charge in [0.05, 0.1) is 11.3 Å². The number of aryl methyl sites for hydroxylation is 1. The highest BCUT2D eigenvalue weighted by Gasteiger charge is 2.33. The molecule has 42 heavy (non-hydrogen) atoms. The van der Waals surface area contributed by atoms with Crippen molar-refractivity contribution in [2.75, 3.05) is 33.1 Å². The minimum atomic E-state index is -0.505. The number of anilines is 1. The van der Waals surface area contributed by atoms with Crippen LogP contribution in [0.3, 0.4) is 0 Å². The molecule has 0 unspecified atom stereocenters. The van der Waals surface area contributed by atoms with E-state index in [1.165, 1.54) is 27.9 Å². The molecule has 0 atom stereocenters. The minimum absolute atomic E-state index is 0.0440. The second-order valence-corrected chi connectivity index (χ2v) is 9.42. The summed E-state index contributed by atoms with van der Waals surface area (Å²) < 4.78 is 5.28. The molecule has 0 fully saturated rings. The topological polar surface area (TPSA) is 186 Å². The second-order valence-electron chi connectivity index (χ2n) is 9.42. The number of imide groups is 1. The monoisotopic (exact) mass is 565 g/mol. The van der Waals surface area contributed by atoms with Gasteiger partial charge in [-0.1, -0.05) is 0 Å². The van der Waals surface area contributed by atoms with E-state index >= 15 is 0 Å². The first kappa shape index (κ1) is 32.2. The van der Waals surface area contributed by atoms with Gasteiger partial charge >= 0.3 is 5.63 Å². The van der Waals surface area contributed by atoms with Crippen LogP contribution < -0.4 is 10.5 Å². The van der Waals surface area contributed by atoms with Crippen LogP contribution in [0.4, 0.5) is 5.69 Å². The van der Waals surface area contributed by atoms with E-state index in [0.29, 0.717) is 11.1 Å². The number of carbonyl (C=O) groups is 3. The molecule has 1 aromatic carbocycles. The predicted molar refractivity (Wildman–Crippen MR) is 152 cm³/mol. The number of amides is 3. The number of carbonyl (C=O) groups excluding carboxylic acids is 3. The number of nitriles is 4. The van der Waals surface area contributed by atoms with E-state index in [-0.39, 0.29) is 51.0 Å². The van der Waals surface area contributed by atoms with Crippen LogP contribution >= 0.6 is 0 Å². The molecule has 12 nitrogen and oxygen atoms in total. The third-order valence-corrected chi connectivity index (χ3v) is 6.73. The number of nitrogens with zero attached hydrogens (tertiary/aromatic N) is 7. The van der Waals surface area contributed by atoms with E-state index in [2.05, 4.69) is 0 Å². The molecule has 12 heteroatoms. The lowest BCUT2D eigenvalue weighted by molar-refractivity contribution is -0.135. The molecular formula is C30H27N7O5. The Morgan fingerprint density at radius 1 is 0.762 bits per heavy atom. The Hall–Kier alpha value is -5.98. The lowest BCUT2D eigenvalue weighted by atomic mass is 10.1. The number of fused-ring (bicyclic) bond motifs is 1. The first-order valence-corrected chi connectivity index (χ1v) is 12.3. The van der Waals surface area contributed by atoms with Gasteiger partial charge in [-0.15, -0.1) is 0 Å². The molecule has 212 valence electrons. The lowest BCUT2D eigenvalue weighted by Crippen LogP contribution is -2.26. The van der Waals surface area contributed by atoms with Gasteiger partial charge in [-0.25, -0.2) is 4.79 Å². The molecule has 3 heterocycles. The van der Waals surface area contributed by atoms with Crippen LogP contribution in [0.1, 0.15) is 25.0 Å². The maximum absolute atomic E-state index is 11.6. The van der Waals surface area contributed by atoms with Gasteiger partial charge < -0.3 is 14.2 Å². The predicted octanol–water partition coefficient (Wildman–Crippen LogP) is 2.90. The third-order valence-electron chi connectivity index (χ3n) is 6.73. The number of hydrogen-bond donors (Lipinski definition) is 0. The molecule has 1 aromatic heterocycles. The van der Waals surface area contributed by atoms with Crippen molar-refractivity contribution in [1.82, 2.24) is 9.80 Å². The van der Waals surface area contributed by atoms with E-state index in [4.69, 9.17) is 25.5 Å². The Balaban J connectivity index is 0.000000224. The quantitative estimate of drug-likeness (QED) is 0.283. The first-order chi connectivity index (χ1) is 19.7. The van der Waals surface area contributed by atoms with Gasteiger partial charge in [0.25, 0.3) is 17.7 Å². The van der Waals surface area contributed by atoms with Crippen molar-refractivity contribution in [2.45, 2.75) is 27.7 Å². The molecule has 0 N–H and O–H groups in total. The average molecular weight is 566 g/mol. The van der Waals surface area contributed by atoms with Crippen LogP contribution in [0.2, 0.25) is 0 Å². The zero-order valence-corrected chi connectivity index (χ0v) is 24.4. The molecule has 2 aromatic rings. The second kappa shape index (κ2) is 12.9. The molecule has 0 saturated heterocycles. The number of hydrogen-bond acceptors (Lipinski definition) is 10. The van der Waals surface area contributed by atoms with E-state index in [9.17, 15) is 19.2 Å². The largest absolute Gasteiger partial charge is 0.422 e. The molecule has 0 radical (unpaired) electrons. The lowest BCUT2D eigenvalue weighted by Gasteiger charge is -2.13. The molecule has 2 aliphatic heterocycles. The zero-order chi connectivity index (χ0) is 32.0. The van der Waals surface area contributed by atoms with Gasteiger partial charge in [-0.3, -0.25) is 19.3 Å². The molecule has 2 aliphatic rings. The standard InChI is InChI=1S/C13H15NO2.C10H6N4O.C7H6N2O2/c1-8-9(2)13(15)16-12-7-10(14(3)4)5-6-11(8)12;1-6-8(5-13)9(7(3-11)4-12)14(2)10(6)15;1-4-5(3-8)7(11)9(2)6(4)10/h5-7H,1-4H3;1-2H3;1-2H3. The maximum Gasteiger partial charge on any atom is 0.339 e. The van der Waals surface area contributed by atoms with E-state index in [0.717, 1.165) is 26.4 Å². The van der Waals surface area contributed by atoms with E-state index < -0.39 is 5.91 Å². The molecule has 3 amide bonds. The van der Waals surface area contributed by atoms with Gasteiger partial charge in [0.15, 0.2) is 5.57 Å². The normalized spacial score (nSPS) is 14.0. The van der Waals surface area contributed by atoms with Crippen LogP contribution in [0.25, 0.3) is 11.0 Å². The number of allylic oxidation sites excluding steroid dienone is 2. The number of likely N-dealkylation sites (N-methyl/N-ethyl adjacent to an activating group) is 2. The summed E-state index contributed by atoms with van der Waals surface area (Å²) in [5.74, 6) is -1.24. The highest BCUT2D eigenvalue weighted by molar-refractivity contribution is 6.20. The molecule has 0 saturated carbocycles. The van der Waals surface area contributed by atoms with Crippen molar-refractivity contribution in [3.8, 4) is 24.3 Å². The van der Waals surface area contributed by atoms with Crippen LogP contribution in [0.15, 0.2) is 61.0 Å². The highest BCUT2D eigenvalue weighted by Crippen LogP contribution is 2.29. The first-order valence-electron chi connectivity index (χ1n) is 12.3. The van der Waals surface area contributed by atoms with Gasteiger partial charge in [0, 0.05) is 62.0 Å². The van der Waals surface area contributed by atoms with E-state index in [1.54, 1.807) is 25.1 Å². The Kier molecular flexibility index (Phi) is 9.91. The summed E-state index contributed by atoms with van der Waals surface area (Å²) in [5.41, 5.74) is 3.54. The Bertz CT molecular complexity index is 1830. The molecular weight excluding hydrogens is 538 g/mol. The van der Waals surface area contributed by atoms with Crippen LogP contribution in [-0.2, 0) is 14.4 Å². The van der Waals surface area contributed by atoms with Gasteiger partial charge in [-0.2, -0.15) is 21.0 Å². The zero-order valence-electron chi connectivity index (χ0n) is 24.4. The summed E-state index contributed by atoms with van der Waals surface area (Å²) in [7, 11) is 6.71. The van der Waals surface area contributed by atoms with E-state index in [1.807, 2.05) is 50.2 Å². The summed E-state index contributed by atoms with van der Waals surface area (Å²) in [6, 6.07) is 12.8. The summed E-state index contributed by atoms with van der Waals surface area (Å²) >= 11 is 0. The van der Waals surface area contributed by atoms with Crippen molar-refractivity contribution in [3.05, 3.63) is 73.3 Å².